The molecular weight excluding hydrogens is 570 g/mol. The number of methoxy groups -OCH3 is 3. The molecule has 3 aromatic rings. The van der Waals surface area contributed by atoms with E-state index < -0.39 is 28.5 Å². The van der Waals surface area contributed by atoms with Gasteiger partial charge in [-0.05, 0) is 61.7 Å². The van der Waals surface area contributed by atoms with E-state index in [0.29, 0.717) is 30.2 Å². The van der Waals surface area contributed by atoms with E-state index in [1.54, 1.807) is 43.5 Å². The van der Waals surface area contributed by atoms with Gasteiger partial charge in [-0.2, -0.15) is 0 Å². The second kappa shape index (κ2) is 15.3. The Bertz CT molecular complexity index is 1480. The summed E-state index contributed by atoms with van der Waals surface area (Å²) in [5, 5.41) is 2.88. The van der Waals surface area contributed by atoms with Crippen LogP contribution in [0.5, 0.6) is 17.2 Å². The number of aryl methyl sites for hydroxylation is 1. The van der Waals surface area contributed by atoms with Crippen molar-refractivity contribution < 1.29 is 32.2 Å². The number of nitrogens with zero attached hydrogens (tertiary/aromatic N) is 2. The van der Waals surface area contributed by atoms with Gasteiger partial charge < -0.3 is 24.4 Å². The second-order valence-electron chi connectivity index (χ2n) is 9.95. The quantitative estimate of drug-likeness (QED) is 0.268. The Morgan fingerprint density at radius 1 is 0.860 bits per heavy atom. The van der Waals surface area contributed by atoms with Crippen molar-refractivity contribution in [3.8, 4) is 17.2 Å². The third-order valence-corrected chi connectivity index (χ3v) is 8.76. The van der Waals surface area contributed by atoms with Crippen LogP contribution in [0.4, 0.5) is 5.69 Å². The van der Waals surface area contributed by atoms with Crippen molar-refractivity contribution in [2.75, 3.05) is 38.7 Å². The normalized spacial score (nSPS) is 11.8. The topological polar surface area (TPSA) is 114 Å². The lowest BCUT2D eigenvalue weighted by atomic mass is 10.1. The van der Waals surface area contributed by atoms with E-state index in [1.165, 1.54) is 37.3 Å². The smallest absolute Gasteiger partial charge is 0.264 e. The number of hydrogen-bond donors (Lipinski definition) is 1. The van der Waals surface area contributed by atoms with Gasteiger partial charge in [-0.25, -0.2) is 8.42 Å². The highest BCUT2D eigenvalue weighted by atomic mass is 32.2. The van der Waals surface area contributed by atoms with Crippen molar-refractivity contribution >= 4 is 27.5 Å². The number of sulfonamides is 1. The average Bonchev–Trinajstić information content (AvgIpc) is 3.02. The Balaban J connectivity index is 2.08. The summed E-state index contributed by atoms with van der Waals surface area (Å²) < 4.78 is 45.2. The van der Waals surface area contributed by atoms with Crippen molar-refractivity contribution in [3.05, 3.63) is 77.9 Å². The van der Waals surface area contributed by atoms with Gasteiger partial charge in [-0.1, -0.05) is 43.7 Å². The molecule has 2 amide bonds. The molecule has 0 heterocycles. The van der Waals surface area contributed by atoms with Gasteiger partial charge in [-0.15, -0.1) is 0 Å². The first kappa shape index (κ1) is 33.3. The van der Waals surface area contributed by atoms with Gasteiger partial charge in [0, 0.05) is 19.2 Å². The van der Waals surface area contributed by atoms with E-state index in [1.807, 2.05) is 32.9 Å². The minimum atomic E-state index is -4.27. The van der Waals surface area contributed by atoms with Gasteiger partial charge in [0.25, 0.3) is 10.0 Å². The summed E-state index contributed by atoms with van der Waals surface area (Å²) in [7, 11) is 0.173. The molecule has 1 N–H and O–H groups in total. The fraction of sp³-hybridized carbons (Fsp3) is 0.375. The van der Waals surface area contributed by atoms with Gasteiger partial charge in [0.1, 0.15) is 18.3 Å². The number of anilines is 1. The number of benzene rings is 3. The molecule has 3 rings (SSSR count). The first-order valence-electron chi connectivity index (χ1n) is 14.1. The Morgan fingerprint density at radius 2 is 1.51 bits per heavy atom. The molecule has 1 unspecified atom stereocenters. The maximum absolute atomic E-state index is 14.2. The molecule has 10 nitrogen and oxygen atoms in total. The van der Waals surface area contributed by atoms with Gasteiger partial charge in [0.05, 0.1) is 31.9 Å². The first-order chi connectivity index (χ1) is 20.6. The third-order valence-electron chi connectivity index (χ3n) is 6.99. The zero-order valence-electron chi connectivity index (χ0n) is 25.6. The van der Waals surface area contributed by atoms with Crippen LogP contribution in [-0.4, -0.2) is 65.6 Å². The Kier molecular flexibility index (Phi) is 11.8. The van der Waals surface area contributed by atoms with E-state index in [9.17, 15) is 18.0 Å². The van der Waals surface area contributed by atoms with Crippen LogP contribution in [0.15, 0.2) is 71.6 Å². The number of amides is 2. The molecule has 1 atom stereocenters. The zero-order valence-corrected chi connectivity index (χ0v) is 26.4. The predicted octanol–water partition coefficient (Wildman–Crippen LogP) is 4.55. The van der Waals surface area contributed by atoms with E-state index >= 15 is 0 Å². The van der Waals surface area contributed by atoms with Crippen molar-refractivity contribution in [1.82, 2.24) is 10.2 Å². The molecular formula is C32H41N3O7S. The highest BCUT2D eigenvalue weighted by molar-refractivity contribution is 7.92. The van der Waals surface area contributed by atoms with Crippen LogP contribution in [0, 0.1) is 6.92 Å². The van der Waals surface area contributed by atoms with E-state index in [-0.39, 0.29) is 23.1 Å². The third kappa shape index (κ3) is 8.19. The molecule has 0 radical (unpaired) electrons. The molecule has 0 aliphatic rings. The Labute approximate surface area is 254 Å². The van der Waals surface area contributed by atoms with Crippen LogP contribution < -0.4 is 23.8 Å². The van der Waals surface area contributed by atoms with Gasteiger partial charge in [0.15, 0.2) is 11.5 Å². The SMILES string of the molecule is CCCNC(=O)C(CC)N(Cc1ccc(OC)cc1)C(=O)CN(c1ccc(C)cc1)S(=O)(=O)c1ccc(OC)c(OC)c1. The van der Waals surface area contributed by atoms with Crippen molar-refractivity contribution in [1.29, 1.82) is 0 Å². The van der Waals surface area contributed by atoms with Gasteiger partial charge in [-0.3, -0.25) is 13.9 Å². The number of ether oxygens (including phenoxy) is 3. The zero-order chi connectivity index (χ0) is 31.6. The molecule has 0 aromatic heterocycles. The van der Waals surface area contributed by atoms with Crippen LogP contribution >= 0.6 is 0 Å². The minimum absolute atomic E-state index is 0.0760. The molecule has 3 aromatic carbocycles. The van der Waals surface area contributed by atoms with Crippen molar-refractivity contribution in [3.63, 3.8) is 0 Å². The average molecular weight is 612 g/mol. The van der Waals surface area contributed by atoms with E-state index in [0.717, 1.165) is 21.9 Å². The second-order valence-corrected chi connectivity index (χ2v) is 11.8. The summed E-state index contributed by atoms with van der Waals surface area (Å²) in [5.41, 5.74) is 2.00. The Morgan fingerprint density at radius 3 is 2.07 bits per heavy atom. The molecule has 232 valence electrons. The molecule has 0 saturated heterocycles. The number of carbonyl (C=O) groups excluding carboxylic acids is 2. The lowest BCUT2D eigenvalue weighted by molar-refractivity contribution is -0.140. The summed E-state index contributed by atoms with van der Waals surface area (Å²) in [5.74, 6) is 0.434. The van der Waals surface area contributed by atoms with E-state index in [2.05, 4.69) is 5.32 Å². The fourth-order valence-corrected chi connectivity index (χ4v) is 5.99. The van der Waals surface area contributed by atoms with Crippen LogP contribution in [0.1, 0.15) is 37.8 Å². The molecule has 0 fully saturated rings. The highest BCUT2D eigenvalue weighted by Crippen LogP contribution is 2.32. The highest BCUT2D eigenvalue weighted by Gasteiger charge is 2.34. The predicted molar refractivity (Wildman–Crippen MR) is 166 cm³/mol. The maximum atomic E-state index is 14.2. The minimum Gasteiger partial charge on any atom is -0.497 e. The molecule has 0 bridgehead atoms. The molecule has 0 saturated carbocycles. The lowest BCUT2D eigenvalue weighted by Crippen LogP contribution is -2.52. The molecule has 0 aliphatic heterocycles. The van der Waals surface area contributed by atoms with E-state index in [4.69, 9.17) is 14.2 Å². The Hall–Kier alpha value is -4.25. The van der Waals surface area contributed by atoms with Crippen LogP contribution in [0.2, 0.25) is 0 Å². The number of nitrogens with one attached hydrogen (secondary N) is 1. The first-order valence-corrected chi connectivity index (χ1v) is 15.5. The van der Waals surface area contributed by atoms with Gasteiger partial charge in [0.2, 0.25) is 11.8 Å². The standard InChI is InChI=1S/C32H41N3O7S/c1-7-19-33-32(37)28(8-2)34(21-24-11-15-26(40-4)16-12-24)31(36)22-35(25-13-9-23(3)10-14-25)43(38,39)27-17-18-29(41-5)30(20-27)42-6/h9-18,20,28H,7-8,19,21-22H2,1-6H3,(H,33,37). The molecule has 43 heavy (non-hydrogen) atoms. The van der Waals surface area contributed by atoms with Crippen LogP contribution in [0.25, 0.3) is 0 Å². The number of rotatable bonds is 15. The van der Waals surface area contributed by atoms with Crippen LogP contribution in [0.3, 0.4) is 0 Å². The number of hydrogen-bond acceptors (Lipinski definition) is 7. The summed E-state index contributed by atoms with van der Waals surface area (Å²) in [6, 6.07) is 17.5. The van der Waals surface area contributed by atoms with Gasteiger partial charge >= 0.3 is 0 Å². The molecule has 0 aliphatic carbocycles. The largest absolute Gasteiger partial charge is 0.497 e. The summed E-state index contributed by atoms with van der Waals surface area (Å²) >= 11 is 0. The monoisotopic (exact) mass is 611 g/mol. The summed E-state index contributed by atoms with van der Waals surface area (Å²) in [6.45, 7) is 5.68. The fourth-order valence-electron chi connectivity index (χ4n) is 4.56. The van der Waals surface area contributed by atoms with Crippen LogP contribution in [-0.2, 0) is 26.2 Å². The van der Waals surface area contributed by atoms with Crippen molar-refractivity contribution in [2.45, 2.75) is 51.1 Å². The summed E-state index contributed by atoms with van der Waals surface area (Å²) in [6.07, 6.45) is 1.07. The van der Waals surface area contributed by atoms with Crippen molar-refractivity contribution in [2.24, 2.45) is 0 Å². The molecule has 0 spiro atoms. The lowest BCUT2D eigenvalue weighted by Gasteiger charge is -2.33. The maximum Gasteiger partial charge on any atom is 0.264 e. The number of carbonyl (C=O) groups is 2. The summed E-state index contributed by atoms with van der Waals surface area (Å²) in [4.78, 5) is 28.8. The molecule has 11 heteroatoms.